The van der Waals surface area contributed by atoms with Gasteiger partial charge in [0.25, 0.3) is 5.91 Å². The van der Waals surface area contributed by atoms with Gasteiger partial charge in [-0.25, -0.2) is 0 Å². The maximum atomic E-state index is 12.5. The molecular formula is C23H31N5OS. The predicted molar refractivity (Wildman–Crippen MR) is 123 cm³/mol. The minimum absolute atomic E-state index is 0.0454. The highest BCUT2D eigenvalue weighted by molar-refractivity contribution is 7.98. The Bertz CT molecular complexity index is 968. The van der Waals surface area contributed by atoms with Crippen molar-refractivity contribution in [2.24, 2.45) is 5.92 Å². The lowest BCUT2D eigenvalue weighted by molar-refractivity contribution is 0.0953. The van der Waals surface area contributed by atoms with Crippen LogP contribution in [0.1, 0.15) is 47.8 Å². The second-order valence-corrected chi connectivity index (χ2v) is 8.74. The predicted octanol–water partition coefficient (Wildman–Crippen LogP) is 4.43. The molecule has 1 aromatic carbocycles. The third-order valence-electron chi connectivity index (χ3n) is 5.05. The highest BCUT2D eigenvalue weighted by atomic mass is 32.2. The number of rotatable bonds is 9. The summed E-state index contributed by atoms with van der Waals surface area (Å²) in [6.45, 7) is 10.1. The van der Waals surface area contributed by atoms with Gasteiger partial charge in [0.1, 0.15) is 5.82 Å². The van der Waals surface area contributed by atoms with Crippen molar-refractivity contribution in [1.29, 1.82) is 0 Å². The summed E-state index contributed by atoms with van der Waals surface area (Å²) in [6, 6.07) is 11.9. The van der Waals surface area contributed by atoms with E-state index in [9.17, 15) is 4.79 Å². The smallest absolute Gasteiger partial charge is 0.251 e. The van der Waals surface area contributed by atoms with E-state index in [4.69, 9.17) is 0 Å². The number of aryl methyl sites for hydroxylation is 3. The molecule has 3 rings (SSSR count). The van der Waals surface area contributed by atoms with Crippen LogP contribution in [0.2, 0.25) is 0 Å². The van der Waals surface area contributed by atoms with Crippen LogP contribution in [0.15, 0.2) is 41.6 Å². The van der Waals surface area contributed by atoms with Gasteiger partial charge in [0.2, 0.25) is 0 Å². The Morgan fingerprint density at radius 3 is 2.33 bits per heavy atom. The lowest BCUT2D eigenvalue weighted by atomic mass is 10.2. The minimum atomic E-state index is -0.0454. The van der Waals surface area contributed by atoms with Crippen molar-refractivity contribution >= 4 is 17.7 Å². The highest BCUT2D eigenvalue weighted by Gasteiger charge is 2.13. The van der Waals surface area contributed by atoms with E-state index in [-0.39, 0.29) is 5.91 Å². The summed E-state index contributed by atoms with van der Waals surface area (Å²) >= 11 is 1.62. The summed E-state index contributed by atoms with van der Waals surface area (Å²) in [6.07, 6.45) is 3.65. The lowest BCUT2D eigenvalue weighted by Gasteiger charge is -2.12. The molecule has 0 saturated heterocycles. The number of carbonyl (C=O) groups is 1. The van der Waals surface area contributed by atoms with Crippen molar-refractivity contribution in [2.45, 2.75) is 52.2 Å². The molecular weight excluding hydrogens is 394 g/mol. The van der Waals surface area contributed by atoms with Gasteiger partial charge in [-0.2, -0.15) is 0 Å². The van der Waals surface area contributed by atoms with E-state index in [1.54, 1.807) is 11.8 Å². The second kappa shape index (κ2) is 9.98. The molecule has 0 aliphatic rings. The fraction of sp³-hybridized carbons (Fsp3) is 0.435. The molecule has 0 bridgehead atoms. The van der Waals surface area contributed by atoms with Gasteiger partial charge < -0.3 is 14.5 Å². The van der Waals surface area contributed by atoms with Gasteiger partial charge in [0.15, 0.2) is 5.16 Å². The monoisotopic (exact) mass is 425 g/mol. The van der Waals surface area contributed by atoms with Crippen molar-refractivity contribution in [3.8, 4) is 5.69 Å². The Kier molecular flexibility index (Phi) is 7.37. The number of aromatic nitrogens is 4. The number of benzene rings is 1. The number of nitrogens with one attached hydrogen (secondary N) is 1. The Labute approximate surface area is 183 Å². The molecule has 1 N–H and O–H groups in total. The molecule has 1 amide bonds. The van der Waals surface area contributed by atoms with Crippen LogP contribution in [0.3, 0.4) is 0 Å². The average molecular weight is 426 g/mol. The quantitative estimate of drug-likeness (QED) is 0.407. The van der Waals surface area contributed by atoms with E-state index in [2.05, 4.69) is 64.5 Å². The number of carbonyl (C=O) groups excluding carboxylic acids is 1. The summed E-state index contributed by atoms with van der Waals surface area (Å²) in [5.41, 5.74) is 4.11. The summed E-state index contributed by atoms with van der Waals surface area (Å²) in [5, 5.41) is 12.6. The molecule has 3 aromatic rings. The summed E-state index contributed by atoms with van der Waals surface area (Å²) in [5.74, 6) is 1.48. The molecule has 7 heteroatoms. The SMILES string of the molecule is CSc1nnc(CCCNC(=O)c2ccc(-n3c(C)ccc3C)cc2)n1CC(C)C. The fourth-order valence-corrected chi connectivity index (χ4v) is 4.11. The van der Waals surface area contributed by atoms with Crippen molar-refractivity contribution in [3.63, 3.8) is 0 Å². The molecule has 0 aliphatic carbocycles. The van der Waals surface area contributed by atoms with E-state index in [0.29, 0.717) is 18.0 Å². The molecule has 2 aromatic heterocycles. The first-order chi connectivity index (χ1) is 14.4. The first-order valence-corrected chi connectivity index (χ1v) is 11.6. The topological polar surface area (TPSA) is 64.7 Å². The standard InChI is InChI=1S/C23H31N5OS/c1-16(2)15-27-21(25-26-23(27)30-5)7-6-14-24-22(29)19-10-12-20(13-11-19)28-17(3)8-9-18(28)4/h8-13,16H,6-7,14-15H2,1-5H3,(H,24,29). The summed E-state index contributed by atoms with van der Waals surface area (Å²) in [4.78, 5) is 12.5. The van der Waals surface area contributed by atoms with Gasteiger partial charge in [-0.15, -0.1) is 10.2 Å². The Balaban J connectivity index is 1.54. The van der Waals surface area contributed by atoms with Crippen LogP contribution in [0.25, 0.3) is 5.69 Å². The molecule has 0 fully saturated rings. The lowest BCUT2D eigenvalue weighted by Crippen LogP contribution is -2.25. The van der Waals surface area contributed by atoms with Crippen LogP contribution in [-0.4, -0.2) is 38.0 Å². The molecule has 160 valence electrons. The Morgan fingerprint density at radius 1 is 1.07 bits per heavy atom. The number of nitrogens with zero attached hydrogens (tertiary/aromatic N) is 4. The molecule has 0 unspecified atom stereocenters. The van der Waals surface area contributed by atoms with Crippen molar-refractivity contribution in [2.75, 3.05) is 12.8 Å². The van der Waals surface area contributed by atoms with Crippen molar-refractivity contribution < 1.29 is 4.79 Å². The average Bonchev–Trinajstić information content (AvgIpc) is 3.27. The Morgan fingerprint density at radius 2 is 1.73 bits per heavy atom. The van der Waals surface area contributed by atoms with E-state index in [1.165, 1.54) is 11.4 Å². The van der Waals surface area contributed by atoms with E-state index >= 15 is 0 Å². The van der Waals surface area contributed by atoms with Gasteiger partial charge in [0, 0.05) is 42.1 Å². The van der Waals surface area contributed by atoms with E-state index < -0.39 is 0 Å². The highest BCUT2D eigenvalue weighted by Crippen LogP contribution is 2.18. The van der Waals surface area contributed by atoms with Gasteiger partial charge >= 0.3 is 0 Å². The van der Waals surface area contributed by atoms with Crippen molar-refractivity contribution in [1.82, 2.24) is 24.6 Å². The van der Waals surface area contributed by atoms with Crippen LogP contribution in [0.5, 0.6) is 0 Å². The zero-order valence-corrected chi connectivity index (χ0v) is 19.3. The van der Waals surface area contributed by atoms with E-state index in [0.717, 1.165) is 36.1 Å². The minimum Gasteiger partial charge on any atom is -0.352 e. The van der Waals surface area contributed by atoms with Gasteiger partial charge in [0.05, 0.1) is 0 Å². The van der Waals surface area contributed by atoms with Crippen LogP contribution in [0.4, 0.5) is 0 Å². The van der Waals surface area contributed by atoms with Crippen molar-refractivity contribution in [3.05, 3.63) is 59.2 Å². The molecule has 30 heavy (non-hydrogen) atoms. The third-order valence-corrected chi connectivity index (χ3v) is 5.71. The zero-order valence-electron chi connectivity index (χ0n) is 18.5. The maximum absolute atomic E-state index is 12.5. The molecule has 0 spiro atoms. The van der Waals surface area contributed by atoms with Gasteiger partial charge in [-0.3, -0.25) is 4.79 Å². The largest absolute Gasteiger partial charge is 0.352 e. The molecule has 0 radical (unpaired) electrons. The number of thioether (sulfide) groups is 1. The maximum Gasteiger partial charge on any atom is 0.251 e. The molecule has 6 nitrogen and oxygen atoms in total. The third kappa shape index (κ3) is 5.14. The fourth-order valence-electron chi connectivity index (χ4n) is 3.59. The number of hydrogen-bond donors (Lipinski definition) is 1. The first kappa shape index (κ1) is 22.2. The number of hydrogen-bond acceptors (Lipinski definition) is 4. The van der Waals surface area contributed by atoms with Crippen LogP contribution < -0.4 is 5.32 Å². The molecule has 2 heterocycles. The van der Waals surface area contributed by atoms with Crippen LogP contribution in [0, 0.1) is 19.8 Å². The zero-order chi connectivity index (χ0) is 21.7. The van der Waals surface area contributed by atoms with Crippen LogP contribution in [-0.2, 0) is 13.0 Å². The van der Waals surface area contributed by atoms with E-state index in [1.807, 2.05) is 30.5 Å². The Hall–Kier alpha value is -2.54. The molecule has 0 atom stereocenters. The molecule has 0 saturated carbocycles. The summed E-state index contributed by atoms with van der Waals surface area (Å²) < 4.78 is 4.37. The molecule has 0 aliphatic heterocycles. The summed E-state index contributed by atoms with van der Waals surface area (Å²) in [7, 11) is 0. The first-order valence-electron chi connectivity index (χ1n) is 10.4. The normalized spacial score (nSPS) is 11.3. The number of amides is 1. The second-order valence-electron chi connectivity index (χ2n) is 7.97. The van der Waals surface area contributed by atoms with Crippen LogP contribution >= 0.6 is 11.8 Å². The van der Waals surface area contributed by atoms with Gasteiger partial charge in [-0.05, 0) is 68.8 Å². The van der Waals surface area contributed by atoms with Gasteiger partial charge in [-0.1, -0.05) is 25.6 Å².